The zero-order valence-electron chi connectivity index (χ0n) is 14.3. The summed E-state index contributed by atoms with van der Waals surface area (Å²) < 4.78 is 0. The van der Waals surface area contributed by atoms with Crippen molar-refractivity contribution in [2.24, 2.45) is 5.92 Å². The summed E-state index contributed by atoms with van der Waals surface area (Å²) in [4.78, 5) is 29.1. The van der Waals surface area contributed by atoms with Crippen LogP contribution in [0.15, 0.2) is 18.2 Å². The lowest BCUT2D eigenvalue weighted by Crippen LogP contribution is -2.45. The van der Waals surface area contributed by atoms with E-state index in [1.54, 1.807) is 4.90 Å². The minimum absolute atomic E-state index is 0.0694. The molecular weight excluding hydrogens is 288 g/mol. The van der Waals surface area contributed by atoms with E-state index in [2.05, 4.69) is 13.0 Å². The summed E-state index contributed by atoms with van der Waals surface area (Å²) in [6.07, 6.45) is 3.70. The Morgan fingerprint density at radius 3 is 2.70 bits per heavy atom. The van der Waals surface area contributed by atoms with E-state index in [1.807, 2.05) is 30.9 Å². The molecular formula is C19H26N2O2. The number of benzene rings is 1. The minimum atomic E-state index is -0.191. The Morgan fingerprint density at radius 2 is 2.00 bits per heavy atom. The van der Waals surface area contributed by atoms with Crippen molar-refractivity contribution in [2.75, 3.05) is 18.0 Å². The molecule has 2 atom stereocenters. The van der Waals surface area contributed by atoms with E-state index in [1.165, 1.54) is 12.0 Å². The molecule has 1 aromatic rings. The van der Waals surface area contributed by atoms with Crippen LogP contribution in [-0.2, 0) is 9.59 Å². The van der Waals surface area contributed by atoms with E-state index in [0.717, 1.165) is 30.6 Å². The molecule has 0 unspecified atom stereocenters. The second kappa shape index (κ2) is 6.34. The van der Waals surface area contributed by atoms with Gasteiger partial charge in [0.05, 0.1) is 5.92 Å². The van der Waals surface area contributed by atoms with Crippen molar-refractivity contribution in [1.82, 2.24) is 4.90 Å². The van der Waals surface area contributed by atoms with Gasteiger partial charge in [0.25, 0.3) is 0 Å². The summed E-state index contributed by atoms with van der Waals surface area (Å²) in [7, 11) is 0. The molecule has 1 aromatic carbocycles. The normalized spacial score (nSPS) is 25.1. The fourth-order valence-corrected chi connectivity index (χ4v) is 3.87. The van der Waals surface area contributed by atoms with Gasteiger partial charge in [-0.3, -0.25) is 9.59 Å². The number of anilines is 1. The van der Waals surface area contributed by atoms with Crippen LogP contribution in [0.1, 0.15) is 43.7 Å². The standard InChI is InChI=1S/C19H26N2O2/c1-13-7-8-17(14(2)10-13)21-12-16(11-18(21)22)19(23)20-9-5-4-6-15(20)3/h7-8,10,15-16H,4-6,9,11-12H2,1-3H3/t15-,16+/m1/s1. The van der Waals surface area contributed by atoms with Crippen LogP contribution in [0.5, 0.6) is 0 Å². The Bertz CT molecular complexity index is 626. The average Bonchev–Trinajstić information content (AvgIpc) is 2.89. The van der Waals surface area contributed by atoms with Gasteiger partial charge < -0.3 is 9.80 Å². The first-order chi connectivity index (χ1) is 11.0. The summed E-state index contributed by atoms with van der Waals surface area (Å²) in [5.41, 5.74) is 3.23. The summed E-state index contributed by atoms with van der Waals surface area (Å²) in [6, 6.07) is 6.42. The van der Waals surface area contributed by atoms with Crippen LogP contribution in [0.4, 0.5) is 5.69 Å². The third-order valence-electron chi connectivity index (χ3n) is 5.20. The van der Waals surface area contributed by atoms with Gasteiger partial charge in [-0.25, -0.2) is 0 Å². The van der Waals surface area contributed by atoms with E-state index in [0.29, 0.717) is 19.0 Å². The van der Waals surface area contributed by atoms with Crippen molar-refractivity contribution in [3.05, 3.63) is 29.3 Å². The molecule has 0 aromatic heterocycles. The summed E-state index contributed by atoms with van der Waals surface area (Å²) in [5, 5.41) is 0. The van der Waals surface area contributed by atoms with Crippen LogP contribution in [0.2, 0.25) is 0 Å². The first-order valence-electron chi connectivity index (χ1n) is 8.65. The van der Waals surface area contributed by atoms with Gasteiger partial charge in [0, 0.05) is 31.2 Å². The van der Waals surface area contributed by atoms with Gasteiger partial charge in [0.2, 0.25) is 11.8 Å². The molecule has 2 aliphatic heterocycles. The van der Waals surface area contributed by atoms with E-state index in [9.17, 15) is 9.59 Å². The van der Waals surface area contributed by atoms with Crippen LogP contribution >= 0.6 is 0 Å². The molecule has 0 N–H and O–H groups in total. The number of carbonyl (C=O) groups is 2. The minimum Gasteiger partial charge on any atom is -0.340 e. The van der Waals surface area contributed by atoms with Crippen molar-refractivity contribution in [2.45, 2.75) is 52.5 Å². The zero-order valence-corrected chi connectivity index (χ0v) is 14.3. The maximum Gasteiger partial charge on any atom is 0.228 e. The monoisotopic (exact) mass is 314 g/mol. The Hall–Kier alpha value is -1.84. The van der Waals surface area contributed by atoms with Crippen LogP contribution in [-0.4, -0.2) is 35.8 Å². The molecule has 4 nitrogen and oxygen atoms in total. The maximum atomic E-state index is 12.8. The van der Waals surface area contributed by atoms with E-state index < -0.39 is 0 Å². The molecule has 4 heteroatoms. The predicted molar refractivity (Wildman–Crippen MR) is 91.4 cm³/mol. The Labute approximate surface area is 138 Å². The number of amides is 2. The fraction of sp³-hybridized carbons (Fsp3) is 0.579. The van der Waals surface area contributed by atoms with Crippen LogP contribution in [0.25, 0.3) is 0 Å². The number of carbonyl (C=O) groups excluding carboxylic acids is 2. The largest absolute Gasteiger partial charge is 0.340 e. The molecule has 2 aliphatic rings. The summed E-state index contributed by atoms with van der Waals surface area (Å²) in [5.74, 6) is 0.0431. The molecule has 0 saturated carbocycles. The third kappa shape index (κ3) is 3.12. The number of rotatable bonds is 2. The van der Waals surface area contributed by atoms with Crippen molar-refractivity contribution in [3.8, 4) is 0 Å². The Kier molecular flexibility index (Phi) is 4.42. The van der Waals surface area contributed by atoms with Crippen LogP contribution in [0.3, 0.4) is 0 Å². The van der Waals surface area contributed by atoms with Gasteiger partial charge in [-0.2, -0.15) is 0 Å². The molecule has 2 fully saturated rings. The van der Waals surface area contributed by atoms with Crippen molar-refractivity contribution in [1.29, 1.82) is 0 Å². The lowest BCUT2D eigenvalue weighted by molar-refractivity contribution is -0.139. The second-order valence-corrected chi connectivity index (χ2v) is 7.07. The third-order valence-corrected chi connectivity index (χ3v) is 5.20. The molecule has 2 saturated heterocycles. The van der Waals surface area contributed by atoms with Gasteiger partial charge >= 0.3 is 0 Å². The predicted octanol–water partition coefficient (Wildman–Crippen LogP) is 3.06. The van der Waals surface area contributed by atoms with E-state index in [4.69, 9.17) is 0 Å². The molecule has 0 bridgehead atoms. The van der Waals surface area contributed by atoms with E-state index in [-0.39, 0.29) is 17.7 Å². The highest BCUT2D eigenvalue weighted by Crippen LogP contribution is 2.30. The number of hydrogen-bond acceptors (Lipinski definition) is 2. The van der Waals surface area contributed by atoms with Crippen LogP contribution in [0, 0.1) is 19.8 Å². The highest BCUT2D eigenvalue weighted by atomic mass is 16.2. The highest BCUT2D eigenvalue weighted by molar-refractivity contribution is 6.00. The highest BCUT2D eigenvalue weighted by Gasteiger charge is 2.39. The number of likely N-dealkylation sites (tertiary alicyclic amines) is 1. The number of piperidine rings is 1. The molecule has 2 amide bonds. The topological polar surface area (TPSA) is 40.6 Å². The smallest absolute Gasteiger partial charge is 0.228 e. The zero-order chi connectivity index (χ0) is 16.6. The first kappa shape index (κ1) is 16.0. The quantitative estimate of drug-likeness (QED) is 0.842. The molecule has 0 aliphatic carbocycles. The lowest BCUT2D eigenvalue weighted by Gasteiger charge is -2.35. The molecule has 23 heavy (non-hydrogen) atoms. The molecule has 3 rings (SSSR count). The van der Waals surface area contributed by atoms with Gasteiger partial charge in [-0.05, 0) is 51.7 Å². The van der Waals surface area contributed by atoms with Gasteiger partial charge in [0.1, 0.15) is 0 Å². The lowest BCUT2D eigenvalue weighted by atomic mass is 9.99. The Balaban J connectivity index is 1.75. The summed E-state index contributed by atoms with van der Waals surface area (Å²) in [6.45, 7) is 7.55. The summed E-state index contributed by atoms with van der Waals surface area (Å²) >= 11 is 0. The number of aryl methyl sites for hydroxylation is 2. The van der Waals surface area contributed by atoms with Crippen molar-refractivity contribution < 1.29 is 9.59 Å². The maximum absolute atomic E-state index is 12.8. The fourth-order valence-electron chi connectivity index (χ4n) is 3.87. The SMILES string of the molecule is Cc1ccc(N2C[C@@H](C(=O)N3CCCC[C@H]3C)CC2=O)c(C)c1. The van der Waals surface area contributed by atoms with Gasteiger partial charge in [0.15, 0.2) is 0 Å². The Morgan fingerprint density at radius 1 is 1.22 bits per heavy atom. The molecule has 0 radical (unpaired) electrons. The van der Waals surface area contributed by atoms with Gasteiger partial charge in [-0.15, -0.1) is 0 Å². The molecule has 2 heterocycles. The number of hydrogen-bond donors (Lipinski definition) is 0. The van der Waals surface area contributed by atoms with E-state index >= 15 is 0 Å². The van der Waals surface area contributed by atoms with Crippen molar-refractivity contribution >= 4 is 17.5 Å². The number of nitrogens with zero attached hydrogens (tertiary/aromatic N) is 2. The first-order valence-corrected chi connectivity index (χ1v) is 8.65. The van der Waals surface area contributed by atoms with Gasteiger partial charge in [-0.1, -0.05) is 17.7 Å². The van der Waals surface area contributed by atoms with Crippen LogP contribution < -0.4 is 4.90 Å². The molecule has 0 spiro atoms. The average molecular weight is 314 g/mol. The molecule has 124 valence electrons. The second-order valence-electron chi connectivity index (χ2n) is 7.07. The van der Waals surface area contributed by atoms with Crippen molar-refractivity contribution in [3.63, 3.8) is 0 Å².